The van der Waals surface area contributed by atoms with Gasteiger partial charge in [0.2, 0.25) is 0 Å². The smallest absolute Gasteiger partial charge is 0.122 e. The van der Waals surface area contributed by atoms with Crippen LogP contribution in [0.4, 0.5) is 0 Å². The number of ether oxygens (including phenoxy) is 1. The van der Waals surface area contributed by atoms with E-state index in [1.54, 1.807) is 7.11 Å². The van der Waals surface area contributed by atoms with Gasteiger partial charge in [0.15, 0.2) is 0 Å². The van der Waals surface area contributed by atoms with Gasteiger partial charge in [-0.1, -0.05) is 12.2 Å². The van der Waals surface area contributed by atoms with Gasteiger partial charge in [0.05, 0.1) is 7.11 Å². The lowest BCUT2D eigenvalue weighted by atomic mass is 10.0. The van der Waals surface area contributed by atoms with Crippen LogP contribution in [0, 0.1) is 13.8 Å². The summed E-state index contributed by atoms with van der Waals surface area (Å²) in [4.78, 5) is 0. The Morgan fingerprint density at radius 1 is 1.29 bits per heavy atom. The van der Waals surface area contributed by atoms with E-state index < -0.39 is 0 Å². The third-order valence-corrected chi connectivity index (χ3v) is 2.40. The van der Waals surface area contributed by atoms with Crippen molar-refractivity contribution in [2.24, 2.45) is 0 Å². The molecule has 0 aromatic heterocycles. The van der Waals surface area contributed by atoms with Gasteiger partial charge in [-0.05, 0) is 42.7 Å². The van der Waals surface area contributed by atoms with E-state index in [0.29, 0.717) is 0 Å². The second kappa shape index (κ2) is 5.11. The molecule has 0 aliphatic rings. The largest absolute Gasteiger partial charge is 0.496 e. The van der Waals surface area contributed by atoms with Crippen LogP contribution in [0.2, 0.25) is 0 Å². The first-order valence-electron chi connectivity index (χ1n) is 4.61. The highest BCUT2D eigenvalue weighted by atomic mass is 32.1. The summed E-state index contributed by atoms with van der Waals surface area (Å²) >= 11 is 4.14. The molecular formula is C12H16OS. The fourth-order valence-corrected chi connectivity index (χ4v) is 1.50. The highest BCUT2D eigenvalue weighted by Gasteiger charge is 2.01. The van der Waals surface area contributed by atoms with Gasteiger partial charge in [0.25, 0.3) is 0 Å². The van der Waals surface area contributed by atoms with Gasteiger partial charge in [-0.15, -0.1) is 0 Å². The zero-order chi connectivity index (χ0) is 10.6. The van der Waals surface area contributed by atoms with Gasteiger partial charge in [0.1, 0.15) is 5.75 Å². The molecule has 0 N–H and O–H groups in total. The Hall–Kier alpha value is -0.890. The number of methoxy groups -OCH3 is 1. The maximum Gasteiger partial charge on any atom is 0.122 e. The average molecular weight is 208 g/mol. The summed E-state index contributed by atoms with van der Waals surface area (Å²) in [7, 11) is 1.70. The maximum atomic E-state index is 5.25. The number of benzene rings is 1. The van der Waals surface area contributed by atoms with Gasteiger partial charge < -0.3 is 4.74 Å². The van der Waals surface area contributed by atoms with Gasteiger partial charge >= 0.3 is 0 Å². The van der Waals surface area contributed by atoms with Crippen molar-refractivity contribution < 1.29 is 4.74 Å². The van der Waals surface area contributed by atoms with Gasteiger partial charge in [0, 0.05) is 5.75 Å². The molecule has 1 aromatic carbocycles. The van der Waals surface area contributed by atoms with Crippen LogP contribution in [0.3, 0.4) is 0 Å². The number of hydrogen-bond donors (Lipinski definition) is 1. The SMILES string of the molecule is COc1cc(C)c(C=CCS)cc1C. The van der Waals surface area contributed by atoms with E-state index in [-0.39, 0.29) is 0 Å². The highest BCUT2D eigenvalue weighted by molar-refractivity contribution is 7.80. The van der Waals surface area contributed by atoms with Crippen molar-refractivity contribution in [3.8, 4) is 5.75 Å². The zero-order valence-electron chi connectivity index (χ0n) is 8.87. The van der Waals surface area contributed by atoms with E-state index in [1.807, 2.05) is 6.08 Å². The summed E-state index contributed by atoms with van der Waals surface area (Å²) in [5.41, 5.74) is 3.62. The summed E-state index contributed by atoms with van der Waals surface area (Å²) < 4.78 is 5.25. The summed E-state index contributed by atoms with van der Waals surface area (Å²) in [5.74, 6) is 1.72. The molecule has 0 bridgehead atoms. The Labute approximate surface area is 91.2 Å². The van der Waals surface area contributed by atoms with E-state index >= 15 is 0 Å². The van der Waals surface area contributed by atoms with E-state index in [2.05, 4.69) is 44.7 Å². The molecule has 1 nitrogen and oxygen atoms in total. The van der Waals surface area contributed by atoms with Crippen LogP contribution in [-0.2, 0) is 0 Å². The normalized spacial score (nSPS) is 10.9. The molecule has 0 spiro atoms. The fourth-order valence-electron chi connectivity index (χ4n) is 1.39. The third-order valence-electron chi connectivity index (χ3n) is 2.19. The lowest BCUT2D eigenvalue weighted by molar-refractivity contribution is 0.411. The quantitative estimate of drug-likeness (QED) is 0.750. The molecule has 0 atom stereocenters. The topological polar surface area (TPSA) is 9.23 Å². The van der Waals surface area contributed by atoms with Crippen molar-refractivity contribution >= 4 is 18.7 Å². The monoisotopic (exact) mass is 208 g/mol. The van der Waals surface area contributed by atoms with Crippen LogP contribution in [0.5, 0.6) is 5.75 Å². The summed E-state index contributed by atoms with van der Waals surface area (Å²) in [6.45, 7) is 4.14. The molecule has 0 amide bonds. The first-order chi connectivity index (χ1) is 6.69. The standard InChI is InChI=1S/C12H16OS/c1-9-8-12(13-3)10(2)7-11(9)5-4-6-14/h4-5,7-8,14H,6H2,1-3H3. The van der Waals surface area contributed by atoms with Crippen molar-refractivity contribution in [2.75, 3.05) is 12.9 Å². The fraction of sp³-hybridized carbons (Fsp3) is 0.333. The number of hydrogen-bond acceptors (Lipinski definition) is 2. The third kappa shape index (κ3) is 2.55. The molecule has 0 unspecified atom stereocenters. The summed E-state index contributed by atoms with van der Waals surface area (Å²) in [6.07, 6.45) is 4.13. The Balaban J connectivity index is 3.08. The number of aryl methyl sites for hydroxylation is 2. The van der Waals surface area contributed by atoms with Crippen LogP contribution in [0.15, 0.2) is 18.2 Å². The van der Waals surface area contributed by atoms with Crippen molar-refractivity contribution in [3.63, 3.8) is 0 Å². The minimum Gasteiger partial charge on any atom is -0.496 e. The lowest BCUT2D eigenvalue weighted by Gasteiger charge is -2.08. The predicted octanol–water partition coefficient (Wildman–Crippen LogP) is 3.26. The molecule has 0 saturated carbocycles. The van der Waals surface area contributed by atoms with Crippen molar-refractivity contribution in [1.82, 2.24) is 0 Å². The molecule has 1 aromatic rings. The van der Waals surface area contributed by atoms with Crippen LogP contribution in [0.25, 0.3) is 6.08 Å². The predicted molar refractivity (Wildman–Crippen MR) is 65.4 cm³/mol. The molecule has 0 aliphatic carbocycles. The summed E-state index contributed by atoms with van der Waals surface area (Å²) in [6, 6.07) is 4.20. The highest BCUT2D eigenvalue weighted by Crippen LogP contribution is 2.23. The molecule has 0 fully saturated rings. The van der Waals surface area contributed by atoms with E-state index in [1.165, 1.54) is 11.1 Å². The van der Waals surface area contributed by atoms with Crippen molar-refractivity contribution in [3.05, 3.63) is 34.9 Å². The second-order valence-electron chi connectivity index (χ2n) is 3.26. The van der Waals surface area contributed by atoms with Crippen LogP contribution in [0.1, 0.15) is 16.7 Å². The number of thiol groups is 1. The molecule has 0 radical (unpaired) electrons. The van der Waals surface area contributed by atoms with Gasteiger partial charge in [-0.2, -0.15) is 12.6 Å². The second-order valence-corrected chi connectivity index (χ2v) is 3.63. The zero-order valence-corrected chi connectivity index (χ0v) is 9.77. The Morgan fingerprint density at radius 2 is 2.00 bits per heavy atom. The van der Waals surface area contributed by atoms with Crippen molar-refractivity contribution in [2.45, 2.75) is 13.8 Å². The van der Waals surface area contributed by atoms with Gasteiger partial charge in [-0.3, -0.25) is 0 Å². The van der Waals surface area contributed by atoms with Crippen LogP contribution >= 0.6 is 12.6 Å². The molecule has 0 aliphatic heterocycles. The van der Waals surface area contributed by atoms with Crippen LogP contribution in [-0.4, -0.2) is 12.9 Å². The summed E-state index contributed by atoms with van der Waals surface area (Å²) in [5, 5.41) is 0. The van der Waals surface area contributed by atoms with Crippen molar-refractivity contribution in [1.29, 1.82) is 0 Å². The van der Waals surface area contributed by atoms with E-state index in [0.717, 1.165) is 17.1 Å². The molecule has 2 heteroatoms. The molecule has 14 heavy (non-hydrogen) atoms. The average Bonchev–Trinajstić information content (AvgIpc) is 2.18. The molecule has 1 rings (SSSR count). The maximum absolute atomic E-state index is 5.25. The minimum absolute atomic E-state index is 0.768. The lowest BCUT2D eigenvalue weighted by Crippen LogP contribution is -1.90. The first kappa shape index (κ1) is 11.2. The Kier molecular flexibility index (Phi) is 4.08. The molecule has 76 valence electrons. The number of rotatable bonds is 3. The Morgan fingerprint density at radius 3 is 2.57 bits per heavy atom. The minimum atomic E-state index is 0.768. The van der Waals surface area contributed by atoms with E-state index in [9.17, 15) is 0 Å². The first-order valence-corrected chi connectivity index (χ1v) is 5.25. The molecule has 0 saturated heterocycles. The molecule has 0 heterocycles. The van der Waals surface area contributed by atoms with Crippen LogP contribution < -0.4 is 4.74 Å². The van der Waals surface area contributed by atoms with E-state index in [4.69, 9.17) is 4.74 Å². The Bertz CT molecular complexity index is 342. The van der Waals surface area contributed by atoms with Gasteiger partial charge in [-0.25, -0.2) is 0 Å². The molecular weight excluding hydrogens is 192 g/mol.